The zero-order valence-electron chi connectivity index (χ0n) is 24.6. The molecule has 1 fully saturated rings. The fourth-order valence-corrected chi connectivity index (χ4v) is 4.79. The van der Waals surface area contributed by atoms with Gasteiger partial charge in [-0.15, -0.1) is 10.1 Å². The van der Waals surface area contributed by atoms with Crippen molar-refractivity contribution in [1.29, 1.82) is 0 Å². The third-order valence-electron chi connectivity index (χ3n) is 7.19. The Morgan fingerprint density at radius 3 is 2.40 bits per heavy atom. The van der Waals surface area contributed by atoms with Crippen LogP contribution in [0.5, 0.6) is 5.75 Å². The Morgan fingerprint density at radius 1 is 1.02 bits per heavy atom. The number of aliphatic hydroxyl groups is 2. The Kier molecular flexibility index (Phi) is 13.9. The van der Waals surface area contributed by atoms with Gasteiger partial charge < -0.3 is 29.8 Å². The second-order valence-electron chi connectivity index (χ2n) is 10.7. The first kappa shape index (κ1) is 35.1. The number of benzene rings is 2. The lowest BCUT2D eigenvalue weighted by Crippen LogP contribution is -2.30. The Balaban J connectivity index is 1.31. The molecule has 0 heterocycles. The number of hydrogen-bond acceptors (Lipinski definition) is 9. The number of hydrogen-bond donors (Lipinski definition) is 3. The minimum absolute atomic E-state index is 0.0235. The average Bonchev–Trinajstić information content (AvgIpc) is 3.29. The highest BCUT2D eigenvalue weighted by molar-refractivity contribution is 5.81. The third kappa shape index (κ3) is 13.0. The SMILES string of the molecule is O=C(CCC/C=C\C[C@@H]1[C@@H](/C=C/C(F)(F)COc2ccccc2)[C@H](O)C[C@@H]1O)NCC(=O)OCc1ccc(CO[N+](=O)[O-])cc1. The highest BCUT2D eigenvalue weighted by atomic mass is 19.3. The van der Waals surface area contributed by atoms with Crippen molar-refractivity contribution in [3.63, 3.8) is 0 Å². The Morgan fingerprint density at radius 2 is 1.71 bits per heavy atom. The molecule has 11 nitrogen and oxygen atoms in total. The largest absolute Gasteiger partial charge is 0.487 e. The van der Waals surface area contributed by atoms with Gasteiger partial charge in [0.15, 0.2) is 6.61 Å². The lowest BCUT2D eigenvalue weighted by molar-refractivity contribution is -0.763. The van der Waals surface area contributed by atoms with Gasteiger partial charge >= 0.3 is 5.97 Å². The topological polar surface area (TPSA) is 157 Å². The predicted molar refractivity (Wildman–Crippen MR) is 158 cm³/mol. The molecule has 0 bridgehead atoms. The smallest absolute Gasteiger partial charge is 0.325 e. The van der Waals surface area contributed by atoms with Gasteiger partial charge in [-0.3, -0.25) is 9.59 Å². The summed E-state index contributed by atoms with van der Waals surface area (Å²) in [7, 11) is 0. The van der Waals surface area contributed by atoms with E-state index in [2.05, 4.69) is 10.2 Å². The van der Waals surface area contributed by atoms with E-state index in [0.29, 0.717) is 36.1 Å². The summed E-state index contributed by atoms with van der Waals surface area (Å²) in [6, 6.07) is 14.8. The number of alkyl halides is 2. The van der Waals surface area contributed by atoms with E-state index in [1.165, 1.54) is 6.08 Å². The molecule has 0 aromatic heterocycles. The average molecular weight is 633 g/mol. The van der Waals surface area contributed by atoms with Gasteiger partial charge in [-0.2, -0.15) is 8.78 Å². The number of amides is 1. The number of ether oxygens (including phenoxy) is 2. The van der Waals surface area contributed by atoms with Gasteiger partial charge in [0, 0.05) is 18.8 Å². The molecule has 4 atom stereocenters. The summed E-state index contributed by atoms with van der Waals surface area (Å²) in [5.74, 6) is -4.96. The zero-order chi connectivity index (χ0) is 32.7. The first-order chi connectivity index (χ1) is 21.5. The van der Waals surface area contributed by atoms with Crippen molar-refractivity contribution < 1.29 is 48.0 Å². The summed E-state index contributed by atoms with van der Waals surface area (Å²) in [6.07, 6.45) is 5.51. The molecule has 3 rings (SSSR count). The van der Waals surface area contributed by atoms with Gasteiger partial charge in [-0.25, -0.2) is 0 Å². The van der Waals surface area contributed by atoms with Crippen molar-refractivity contribution in [1.82, 2.24) is 5.32 Å². The molecule has 3 N–H and O–H groups in total. The lowest BCUT2D eigenvalue weighted by Gasteiger charge is -2.20. The van der Waals surface area contributed by atoms with Crippen molar-refractivity contribution in [2.24, 2.45) is 11.8 Å². The Labute approximate surface area is 259 Å². The highest BCUT2D eigenvalue weighted by Gasteiger charge is 2.40. The van der Waals surface area contributed by atoms with Gasteiger partial charge in [-0.05, 0) is 54.5 Å². The monoisotopic (exact) mass is 632 g/mol. The molecule has 45 heavy (non-hydrogen) atoms. The van der Waals surface area contributed by atoms with Crippen molar-refractivity contribution in [3.05, 3.63) is 100 Å². The van der Waals surface area contributed by atoms with Crippen molar-refractivity contribution >= 4 is 11.9 Å². The van der Waals surface area contributed by atoms with Gasteiger partial charge in [-0.1, -0.05) is 60.7 Å². The van der Waals surface area contributed by atoms with Crippen LogP contribution in [0.2, 0.25) is 0 Å². The van der Waals surface area contributed by atoms with Crippen LogP contribution in [-0.4, -0.2) is 58.5 Å². The van der Waals surface area contributed by atoms with E-state index in [9.17, 15) is 38.7 Å². The number of carbonyl (C=O) groups excluding carboxylic acids is 2. The second kappa shape index (κ2) is 17.8. The number of nitrogens with zero attached hydrogens (tertiary/aromatic N) is 1. The van der Waals surface area contributed by atoms with Crippen molar-refractivity contribution in [2.45, 2.75) is 63.4 Å². The molecule has 2 aromatic rings. The fourth-order valence-electron chi connectivity index (χ4n) is 4.79. The number of esters is 1. The number of carbonyl (C=O) groups is 2. The van der Waals surface area contributed by atoms with Gasteiger partial charge in [0.25, 0.3) is 11.0 Å². The highest BCUT2D eigenvalue weighted by Crippen LogP contribution is 2.37. The van der Waals surface area contributed by atoms with Crippen LogP contribution in [0.1, 0.15) is 43.2 Å². The standard InChI is InChI=1S/C32H38F2N2O9/c33-32(34,22-44-25-8-4-3-5-9-25)17-16-27-26(28(37)18-29(27)38)10-6-1-2-7-11-30(39)35-19-31(40)43-20-23-12-14-24(15-13-23)21-45-36(41)42/h1,3-6,8-9,12-17,26-29,37-38H,2,7,10-11,18-22H2,(H,35,39)/b6-1-,17-16+/t26-,27-,28+,29-/m1/s1. The van der Waals surface area contributed by atoms with E-state index in [-0.39, 0.29) is 38.5 Å². The molecule has 0 spiro atoms. The number of rotatable bonds is 18. The number of allylic oxidation sites excluding steroid dienone is 2. The minimum Gasteiger partial charge on any atom is -0.487 e. The van der Waals surface area contributed by atoms with Crippen LogP contribution in [0.15, 0.2) is 78.9 Å². The number of nitrogens with one attached hydrogen (secondary N) is 1. The normalized spacial score (nSPS) is 19.9. The van der Waals surface area contributed by atoms with Crippen LogP contribution in [0.25, 0.3) is 0 Å². The molecule has 0 aliphatic heterocycles. The molecule has 1 saturated carbocycles. The number of aliphatic hydroxyl groups excluding tert-OH is 2. The molecule has 1 aliphatic rings. The van der Waals surface area contributed by atoms with Crippen molar-refractivity contribution in [3.8, 4) is 5.75 Å². The van der Waals surface area contributed by atoms with E-state index in [0.717, 1.165) is 6.08 Å². The molecule has 1 aliphatic carbocycles. The molecule has 13 heteroatoms. The summed E-state index contributed by atoms with van der Waals surface area (Å²) >= 11 is 0. The summed E-state index contributed by atoms with van der Waals surface area (Å²) in [5.41, 5.74) is 1.25. The van der Waals surface area contributed by atoms with Crippen LogP contribution in [0.4, 0.5) is 8.78 Å². The van der Waals surface area contributed by atoms with Crippen LogP contribution < -0.4 is 10.1 Å². The van der Waals surface area contributed by atoms with Crippen LogP contribution >= 0.6 is 0 Å². The Hall–Kier alpha value is -4.36. The van der Waals surface area contributed by atoms with Gasteiger partial charge in [0.1, 0.15) is 25.5 Å². The first-order valence-electron chi connectivity index (χ1n) is 14.6. The summed E-state index contributed by atoms with van der Waals surface area (Å²) in [6.45, 7) is -1.35. The quantitative estimate of drug-likeness (QED) is 0.0717. The second-order valence-corrected chi connectivity index (χ2v) is 10.7. The molecule has 244 valence electrons. The van der Waals surface area contributed by atoms with Gasteiger partial charge in [0.05, 0.1) is 12.2 Å². The van der Waals surface area contributed by atoms with Crippen LogP contribution in [0, 0.1) is 22.0 Å². The number of halogens is 2. The third-order valence-corrected chi connectivity index (χ3v) is 7.19. The molecule has 0 unspecified atom stereocenters. The molecule has 0 saturated heterocycles. The fraction of sp³-hybridized carbons (Fsp3) is 0.438. The maximum atomic E-state index is 14.4. The first-order valence-corrected chi connectivity index (χ1v) is 14.6. The molecule has 0 radical (unpaired) electrons. The van der Waals surface area contributed by atoms with Crippen LogP contribution in [0.3, 0.4) is 0 Å². The number of para-hydroxylation sites is 1. The Bertz CT molecular complexity index is 1290. The van der Waals surface area contributed by atoms with E-state index in [1.807, 2.05) is 6.08 Å². The van der Waals surface area contributed by atoms with E-state index >= 15 is 0 Å². The summed E-state index contributed by atoms with van der Waals surface area (Å²) < 4.78 is 39.0. The van der Waals surface area contributed by atoms with E-state index in [1.54, 1.807) is 60.7 Å². The van der Waals surface area contributed by atoms with Crippen LogP contribution in [-0.2, 0) is 32.4 Å². The molecule has 2 aromatic carbocycles. The molecular formula is C32H38F2N2O9. The van der Waals surface area contributed by atoms with Gasteiger partial charge in [0.2, 0.25) is 5.91 Å². The van der Waals surface area contributed by atoms with E-state index in [4.69, 9.17) is 9.47 Å². The van der Waals surface area contributed by atoms with Crippen molar-refractivity contribution in [2.75, 3.05) is 13.2 Å². The number of unbranched alkanes of at least 4 members (excludes halogenated alkanes) is 1. The summed E-state index contributed by atoms with van der Waals surface area (Å²) in [5, 5.41) is 32.6. The summed E-state index contributed by atoms with van der Waals surface area (Å²) in [4.78, 5) is 38.5. The van der Waals surface area contributed by atoms with E-state index < -0.39 is 47.6 Å². The minimum atomic E-state index is -3.26. The maximum absolute atomic E-state index is 14.4. The molecule has 1 amide bonds. The lowest BCUT2D eigenvalue weighted by atomic mass is 9.89. The maximum Gasteiger partial charge on any atom is 0.325 e. The molecular weight excluding hydrogens is 594 g/mol. The predicted octanol–water partition coefficient (Wildman–Crippen LogP) is 4.30. The zero-order valence-corrected chi connectivity index (χ0v) is 24.6.